The number of hydrogen-bond acceptors (Lipinski definition) is 2. The van der Waals surface area contributed by atoms with Crippen molar-refractivity contribution in [2.45, 2.75) is 39.7 Å². The SMILES string of the molecule is CCC1(/N=C(\C)C(C)C)CNC1. The van der Waals surface area contributed by atoms with Crippen LogP contribution in [-0.4, -0.2) is 24.3 Å². The van der Waals surface area contributed by atoms with Crippen LogP contribution >= 0.6 is 0 Å². The Morgan fingerprint density at radius 1 is 1.50 bits per heavy atom. The van der Waals surface area contributed by atoms with Crippen LogP contribution < -0.4 is 5.32 Å². The lowest BCUT2D eigenvalue weighted by Crippen LogP contribution is -2.58. The molecular formula is C10H20N2. The van der Waals surface area contributed by atoms with Gasteiger partial charge in [-0.1, -0.05) is 20.8 Å². The van der Waals surface area contributed by atoms with Crippen molar-refractivity contribution in [1.82, 2.24) is 5.32 Å². The van der Waals surface area contributed by atoms with E-state index in [1.165, 1.54) is 5.71 Å². The summed E-state index contributed by atoms with van der Waals surface area (Å²) >= 11 is 0. The topological polar surface area (TPSA) is 24.4 Å². The molecule has 0 aromatic rings. The summed E-state index contributed by atoms with van der Waals surface area (Å²) in [5.74, 6) is 0.592. The summed E-state index contributed by atoms with van der Waals surface area (Å²) in [5, 5.41) is 3.29. The average molecular weight is 168 g/mol. The highest BCUT2D eigenvalue weighted by molar-refractivity contribution is 5.84. The Labute approximate surface area is 75.5 Å². The molecule has 0 atom stereocenters. The van der Waals surface area contributed by atoms with Crippen molar-refractivity contribution < 1.29 is 0 Å². The zero-order valence-electron chi connectivity index (χ0n) is 8.65. The molecule has 1 saturated heterocycles. The average Bonchev–Trinajstić information content (AvgIpc) is 1.96. The highest BCUT2D eigenvalue weighted by Crippen LogP contribution is 2.21. The van der Waals surface area contributed by atoms with Gasteiger partial charge in [0.25, 0.3) is 0 Å². The largest absolute Gasteiger partial charge is 0.312 e. The van der Waals surface area contributed by atoms with Crippen LogP contribution in [0.1, 0.15) is 34.1 Å². The second kappa shape index (κ2) is 3.56. The van der Waals surface area contributed by atoms with Crippen molar-refractivity contribution in [3.8, 4) is 0 Å². The Bertz CT molecular complexity index is 173. The van der Waals surface area contributed by atoms with Crippen LogP contribution in [0.4, 0.5) is 0 Å². The van der Waals surface area contributed by atoms with E-state index in [2.05, 4.69) is 33.0 Å². The molecule has 0 unspecified atom stereocenters. The summed E-state index contributed by atoms with van der Waals surface area (Å²) in [7, 11) is 0. The summed E-state index contributed by atoms with van der Waals surface area (Å²) in [6.07, 6.45) is 1.16. The molecule has 0 radical (unpaired) electrons. The molecule has 0 spiro atoms. The fourth-order valence-corrected chi connectivity index (χ4v) is 1.32. The maximum Gasteiger partial charge on any atom is 0.0852 e. The van der Waals surface area contributed by atoms with Gasteiger partial charge in [-0.3, -0.25) is 4.99 Å². The highest BCUT2D eigenvalue weighted by Gasteiger charge is 2.34. The Hall–Kier alpha value is -0.370. The van der Waals surface area contributed by atoms with Crippen LogP contribution in [0.5, 0.6) is 0 Å². The minimum Gasteiger partial charge on any atom is -0.312 e. The lowest BCUT2D eigenvalue weighted by Gasteiger charge is -2.39. The van der Waals surface area contributed by atoms with E-state index in [1.54, 1.807) is 0 Å². The van der Waals surface area contributed by atoms with E-state index in [4.69, 9.17) is 4.99 Å². The number of nitrogens with one attached hydrogen (secondary N) is 1. The van der Waals surface area contributed by atoms with Crippen LogP contribution in [0.15, 0.2) is 4.99 Å². The number of nitrogens with zero attached hydrogens (tertiary/aromatic N) is 1. The van der Waals surface area contributed by atoms with E-state index >= 15 is 0 Å². The lowest BCUT2D eigenvalue weighted by atomic mass is 9.89. The lowest BCUT2D eigenvalue weighted by molar-refractivity contribution is 0.274. The van der Waals surface area contributed by atoms with Gasteiger partial charge in [-0.05, 0) is 19.3 Å². The van der Waals surface area contributed by atoms with E-state index < -0.39 is 0 Å². The second-order valence-electron chi connectivity index (χ2n) is 4.09. The van der Waals surface area contributed by atoms with Crippen LogP contribution in [0, 0.1) is 5.92 Å². The third-order valence-corrected chi connectivity index (χ3v) is 2.82. The van der Waals surface area contributed by atoms with Crippen molar-refractivity contribution in [1.29, 1.82) is 0 Å². The fraction of sp³-hybridized carbons (Fsp3) is 0.900. The van der Waals surface area contributed by atoms with E-state index in [9.17, 15) is 0 Å². The summed E-state index contributed by atoms with van der Waals surface area (Å²) in [4.78, 5) is 4.79. The standard InChI is InChI=1S/C10H20N2/c1-5-10(6-11-7-10)12-9(4)8(2)3/h8,11H,5-7H2,1-4H3/b12-9+. The molecule has 0 aromatic carbocycles. The van der Waals surface area contributed by atoms with Crippen LogP contribution in [-0.2, 0) is 0 Å². The highest BCUT2D eigenvalue weighted by atomic mass is 15.1. The Kier molecular flexibility index (Phi) is 2.89. The predicted molar refractivity (Wildman–Crippen MR) is 53.8 cm³/mol. The first-order chi connectivity index (χ1) is 5.59. The molecule has 1 fully saturated rings. The first kappa shape index (κ1) is 9.72. The molecule has 2 heteroatoms. The molecule has 2 nitrogen and oxygen atoms in total. The molecule has 12 heavy (non-hydrogen) atoms. The number of rotatable bonds is 3. The zero-order chi connectivity index (χ0) is 9.19. The van der Waals surface area contributed by atoms with Gasteiger partial charge in [0.05, 0.1) is 5.54 Å². The minimum absolute atomic E-state index is 0.244. The summed E-state index contributed by atoms with van der Waals surface area (Å²) in [6.45, 7) is 10.9. The van der Waals surface area contributed by atoms with Gasteiger partial charge in [-0.25, -0.2) is 0 Å². The Morgan fingerprint density at radius 2 is 2.08 bits per heavy atom. The molecule has 1 rings (SSSR count). The molecule has 1 aliphatic heterocycles. The second-order valence-corrected chi connectivity index (χ2v) is 4.09. The molecular weight excluding hydrogens is 148 g/mol. The van der Waals surface area contributed by atoms with Crippen molar-refractivity contribution in [2.24, 2.45) is 10.9 Å². The summed E-state index contributed by atoms with van der Waals surface area (Å²) in [5.41, 5.74) is 1.53. The molecule has 0 bridgehead atoms. The van der Waals surface area contributed by atoms with Crippen molar-refractivity contribution in [3.63, 3.8) is 0 Å². The molecule has 0 aliphatic carbocycles. The monoisotopic (exact) mass is 168 g/mol. The molecule has 70 valence electrons. The summed E-state index contributed by atoms with van der Waals surface area (Å²) < 4.78 is 0. The van der Waals surface area contributed by atoms with Crippen molar-refractivity contribution in [2.75, 3.05) is 13.1 Å². The Balaban J connectivity index is 2.62. The smallest absolute Gasteiger partial charge is 0.0852 e. The fourth-order valence-electron chi connectivity index (χ4n) is 1.32. The molecule has 0 aromatic heterocycles. The van der Waals surface area contributed by atoms with Crippen molar-refractivity contribution in [3.05, 3.63) is 0 Å². The van der Waals surface area contributed by atoms with Gasteiger partial charge < -0.3 is 5.32 Å². The minimum atomic E-state index is 0.244. The van der Waals surface area contributed by atoms with E-state index in [1.807, 2.05) is 0 Å². The first-order valence-electron chi connectivity index (χ1n) is 4.87. The van der Waals surface area contributed by atoms with Gasteiger partial charge >= 0.3 is 0 Å². The van der Waals surface area contributed by atoms with Gasteiger partial charge in [0.1, 0.15) is 0 Å². The van der Waals surface area contributed by atoms with Gasteiger partial charge in [0.2, 0.25) is 0 Å². The van der Waals surface area contributed by atoms with Crippen LogP contribution in [0.3, 0.4) is 0 Å². The van der Waals surface area contributed by atoms with Crippen LogP contribution in [0.2, 0.25) is 0 Å². The Morgan fingerprint density at radius 3 is 2.33 bits per heavy atom. The quantitative estimate of drug-likeness (QED) is 0.639. The maximum absolute atomic E-state index is 4.79. The van der Waals surface area contributed by atoms with Gasteiger partial charge in [0, 0.05) is 18.8 Å². The predicted octanol–water partition coefficient (Wildman–Crippen LogP) is 1.86. The summed E-state index contributed by atoms with van der Waals surface area (Å²) in [6, 6.07) is 0. The maximum atomic E-state index is 4.79. The van der Waals surface area contributed by atoms with E-state index in [-0.39, 0.29) is 5.54 Å². The normalized spacial score (nSPS) is 22.6. The number of hydrogen-bond donors (Lipinski definition) is 1. The molecule has 1 heterocycles. The molecule has 1 N–H and O–H groups in total. The molecule has 0 saturated carbocycles. The van der Waals surface area contributed by atoms with Crippen LogP contribution in [0.25, 0.3) is 0 Å². The van der Waals surface area contributed by atoms with Gasteiger partial charge in [-0.2, -0.15) is 0 Å². The van der Waals surface area contributed by atoms with Crippen molar-refractivity contribution >= 4 is 5.71 Å². The third kappa shape index (κ3) is 1.86. The molecule has 1 aliphatic rings. The first-order valence-corrected chi connectivity index (χ1v) is 4.87. The molecule has 0 amide bonds. The van der Waals surface area contributed by atoms with Gasteiger partial charge in [-0.15, -0.1) is 0 Å². The van der Waals surface area contributed by atoms with E-state index in [0.717, 1.165) is 19.5 Å². The van der Waals surface area contributed by atoms with E-state index in [0.29, 0.717) is 5.92 Å². The third-order valence-electron chi connectivity index (χ3n) is 2.82. The number of aliphatic imine (C=N–C) groups is 1. The van der Waals surface area contributed by atoms with Gasteiger partial charge in [0.15, 0.2) is 0 Å². The zero-order valence-corrected chi connectivity index (χ0v) is 8.65.